The number of carbonyl (C=O) groups is 2. The lowest BCUT2D eigenvalue weighted by molar-refractivity contribution is -0.143. The van der Waals surface area contributed by atoms with Crippen molar-refractivity contribution < 1.29 is 24.5 Å². The van der Waals surface area contributed by atoms with E-state index in [0.717, 1.165) is 38.5 Å². The molecule has 2 unspecified atom stereocenters. The van der Waals surface area contributed by atoms with Crippen molar-refractivity contribution in [1.82, 2.24) is 5.32 Å². The average molecular weight is 1150 g/mol. The van der Waals surface area contributed by atoms with E-state index in [1.54, 1.807) is 0 Å². The molecule has 0 aromatic rings. The van der Waals surface area contributed by atoms with Crippen LogP contribution in [0.1, 0.15) is 444 Å². The summed E-state index contributed by atoms with van der Waals surface area (Å²) in [6.45, 7) is 5.01. The van der Waals surface area contributed by atoms with E-state index in [4.69, 9.17) is 4.74 Å². The minimum absolute atomic E-state index is 0.0273. The minimum atomic E-state index is -0.659. The van der Waals surface area contributed by atoms with Crippen LogP contribution in [0.3, 0.4) is 0 Å². The van der Waals surface area contributed by atoms with Gasteiger partial charge in [-0.05, 0) is 25.7 Å². The van der Waals surface area contributed by atoms with Gasteiger partial charge in [0.15, 0.2) is 0 Å². The smallest absolute Gasteiger partial charge is 0.305 e. The number of ether oxygens (including phenoxy) is 1. The van der Waals surface area contributed by atoms with Gasteiger partial charge in [0.1, 0.15) is 0 Å². The van der Waals surface area contributed by atoms with Gasteiger partial charge in [-0.25, -0.2) is 0 Å². The number of nitrogens with one attached hydrogen (secondary N) is 1. The molecule has 3 N–H and O–H groups in total. The molecule has 6 nitrogen and oxygen atoms in total. The van der Waals surface area contributed by atoms with Crippen LogP contribution in [0.15, 0.2) is 0 Å². The number of amides is 1. The van der Waals surface area contributed by atoms with Gasteiger partial charge < -0.3 is 20.3 Å². The molecule has 0 saturated carbocycles. The van der Waals surface area contributed by atoms with Crippen molar-refractivity contribution in [2.45, 2.75) is 456 Å². The van der Waals surface area contributed by atoms with Crippen molar-refractivity contribution in [2.75, 3.05) is 13.2 Å². The van der Waals surface area contributed by atoms with Crippen LogP contribution in [0.25, 0.3) is 0 Å². The van der Waals surface area contributed by atoms with E-state index in [0.29, 0.717) is 25.9 Å². The largest absolute Gasteiger partial charge is 0.466 e. The van der Waals surface area contributed by atoms with Crippen molar-refractivity contribution in [3.05, 3.63) is 0 Å². The Morgan fingerprint density at radius 2 is 0.506 bits per heavy atom. The second kappa shape index (κ2) is 71.3. The molecule has 0 radical (unpaired) electrons. The molecule has 0 aromatic heterocycles. The topological polar surface area (TPSA) is 95.9 Å². The summed E-state index contributed by atoms with van der Waals surface area (Å²) in [7, 11) is 0. The molecule has 0 fully saturated rings. The number of hydrogen-bond acceptors (Lipinski definition) is 5. The average Bonchev–Trinajstić information content (AvgIpc) is 3.47. The second-order valence-corrected chi connectivity index (χ2v) is 26.4. The lowest BCUT2D eigenvalue weighted by atomic mass is 10.0. The maximum atomic E-state index is 12.5. The standard InChI is InChI=1S/C75H149NO5/c1-3-5-7-9-11-13-15-17-18-19-34-38-41-45-49-53-57-61-65-69-75(80)81-70-66-62-58-54-50-46-42-39-36-33-31-29-27-25-23-21-20-22-24-26-28-30-32-35-37-40-44-48-52-56-60-64-68-74(79)76-72(71-77)73(78)67-63-59-55-51-47-43-16-14-12-10-8-6-4-2/h72-73,77-78H,3-71H2,1-2H3,(H,76,79). The van der Waals surface area contributed by atoms with Gasteiger partial charge in [-0.2, -0.15) is 0 Å². The van der Waals surface area contributed by atoms with Crippen LogP contribution >= 0.6 is 0 Å². The molecule has 0 aromatic carbocycles. The molecule has 6 heteroatoms. The third-order valence-corrected chi connectivity index (χ3v) is 18.2. The second-order valence-electron chi connectivity index (χ2n) is 26.4. The predicted molar refractivity (Wildman–Crippen MR) is 357 cm³/mol. The molecule has 0 spiro atoms. The van der Waals surface area contributed by atoms with E-state index in [-0.39, 0.29) is 18.5 Å². The molecule has 1 amide bonds. The predicted octanol–water partition coefficient (Wildman–Crippen LogP) is 24.5. The molecule has 484 valence electrons. The third-order valence-electron chi connectivity index (χ3n) is 18.2. The van der Waals surface area contributed by atoms with Crippen LogP contribution in [-0.4, -0.2) is 47.4 Å². The highest BCUT2D eigenvalue weighted by Gasteiger charge is 2.20. The van der Waals surface area contributed by atoms with Gasteiger partial charge in [-0.3, -0.25) is 9.59 Å². The molecule has 0 aliphatic heterocycles. The zero-order valence-corrected chi connectivity index (χ0v) is 55.6. The highest BCUT2D eigenvalue weighted by Crippen LogP contribution is 2.20. The molecule has 0 aliphatic rings. The molecule has 0 bridgehead atoms. The normalized spacial score (nSPS) is 12.4. The third kappa shape index (κ3) is 67.9. The summed E-state index contributed by atoms with van der Waals surface area (Å²) in [6.07, 6.45) is 87.6. The highest BCUT2D eigenvalue weighted by molar-refractivity contribution is 5.76. The molecule has 0 heterocycles. The fourth-order valence-electron chi connectivity index (χ4n) is 12.4. The van der Waals surface area contributed by atoms with Crippen LogP contribution < -0.4 is 5.32 Å². The Bertz CT molecular complexity index is 1180. The summed E-state index contributed by atoms with van der Waals surface area (Å²) in [5, 5.41) is 23.3. The highest BCUT2D eigenvalue weighted by atomic mass is 16.5. The van der Waals surface area contributed by atoms with Crippen molar-refractivity contribution in [3.63, 3.8) is 0 Å². The van der Waals surface area contributed by atoms with Crippen LogP contribution in [0.5, 0.6) is 0 Å². The number of aliphatic hydroxyl groups is 2. The van der Waals surface area contributed by atoms with Crippen LogP contribution in [0, 0.1) is 0 Å². The van der Waals surface area contributed by atoms with Crippen molar-refractivity contribution >= 4 is 11.9 Å². The maximum Gasteiger partial charge on any atom is 0.305 e. The molecular weight excluding hydrogens is 995 g/mol. The first kappa shape index (κ1) is 79.9. The SMILES string of the molecule is CCCCCCCCCCCCCCCCCCCCCC(=O)OCCCCCCCCCCCCCCCCCCCCCCCCCCCCCCCCCCC(=O)NC(CO)C(O)CCCCCCCCCCCCCCC. The Morgan fingerprint density at radius 3 is 0.753 bits per heavy atom. The lowest BCUT2D eigenvalue weighted by Gasteiger charge is -2.22. The quantitative estimate of drug-likeness (QED) is 0.0417. The Morgan fingerprint density at radius 1 is 0.296 bits per heavy atom. The van der Waals surface area contributed by atoms with Gasteiger partial charge in [0.25, 0.3) is 0 Å². The number of hydrogen-bond donors (Lipinski definition) is 3. The van der Waals surface area contributed by atoms with Gasteiger partial charge >= 0.3 is 5.97 Å². The minimum Gasteiger partial charge on any atom is -0.466 e. The molecular formula is C75H149NO5. The summed E-state index contributed by atoms with van der Waals surface area (Å²) in [5.74, 6) is 0.0000688. The van der Waals surface area contributed by atoms with Gasteiger partial charge in [0, 0.05) is 12.8 Å². The van der Waals surface area contributed by atoms with Crippen molar-refractivity contribution in [1.29, 1.82) is 0 Å². The summed E-state index contributed by atoms with van der Waals surface area (Å²) in [4.78, 5) is 24.6. The van der Waals surface area contributed by atoms with Crippen LogP contribution in [0.4, 0.5) is 0 Å². The number of aliphatic hydroxyl groups excluding tert-OH is 2. The molecule has 0 aliphatic carbocycles. The lowest BCUT2D eigenvalue weighted by Crippen LogP contribution is -2.45. The zero-order valence-electron chi connectivity index (χ0n) is 55.6. The van der Waals surface area contributed by atoms with Crippen molar-refractivity contribution in [3.8, 4) is 0 Å². The number of carbonyl (C=O) groups excluding carboxylic acids is 2. The Hall–Kier alpha value is -1.14. The van der Waals surface area contributed by atoms with E-state index in [2.05, 4.69) is 19.2 Å². The Balaban J connectivity index is 3.28. The van der Waals surface area contributed by atoms with Crippen LogP contribution in [0.2, 0.25) is 0 Å². The zero-order chi connectivity index (χ0) is 58.5. The summed E-state index contributed by atoms with van der Waals surface area (Å²) in [5.41, 5.74) is 0. The molecule has 2 atom stereocenters. The van der Waals surface area contributed by atoms with E-state index in [1.165, 1.54) is 372 Å². The first-order chi connectivity index (χ1) is 40.0. The van der Waals surface area contributed by atoms with Gasteiger partial charge in [-0.15, -0.1) is 0 Å². The van der Waals surface area contributed by atoms with E-state index in [9.17, 15) is 19.8 Å². The van der Waals surface area contributed by atoms with Crippen LogP contribution in [-0.2, 0) is 14.3 Å². The van der Waals surface area contributed by atoms with Crippen molar-refractivity contribution in [2.24, 2.45) is 0 Å². The number of esters is 1. The molecule has 0 saturated heterocycles. The summed E-state index contributed by atoms with van der Waals surface area (Å²) < 4.78 is 5.52. The number of rotatable bonds is 72. The summed E-state index contributed by atoms with van der Waals surface area (Å²) in [6, 6.07) is -0.536. The number of unbranched alkanes of at least 4 members (excludes halogenated alkanes) is 61. The van der Waals surface area contributed by atoms with Gasteiger partial charge in [0.05, 0.1) is 25.4 Å². The first-order valence-electron chi connectivity index (χ1n) is 37.8. The van der Waals surface area contributed by atoms with E-state index >= 15 is 0 Å². The van der Waals surface area contributed by atoms with Gasteiger partial charge in [0.2, 0.25) is 5.91 Å². The maximum absolute atomic E-state index is 12.5. The van der Waals surface area contributed by atoms with E-state index < -0.39 is 12.1 Å². The van der Waals surface area contributed by atoms with Gasteiger partial charge in [-0.1, -0.05) is 406 Å². The fraction of sp³-hybridized carbons (Fsp3) is 0.973. The molecule has 0 rings (SSSR count). The summed E-state index contributed by atoms with van der Waals surface area (Å²) >= 11 is 0. The fourth-order valence-corrected chi connectivity index (χ4v) is 12.4. The van der Waals surface area contributed by atoms with E-state index in [1.807, 2.05) is 0 Å². The molecule has 81 heavy (non-hydrogen) atoms. The Labute approximate surface area is 508 Å². The first-order valence-corrected chi connectivity index (χ1v) is 37.8. The Kier molecular flexibility index (Phi) is 70.3. The monoisotopic (exact) mass is 1140 g/mol.